The van der Waals surface area contributed by atoms with E-state index in [1.807, 2.05) is 0 Å². The first-order valence-electron chi connectivity index (χ1n) is 47.1. The van der Waals surface area contributed by atoms with Crippen LogP contribution in [0.1, 0.15) is 156 Å². The highest BCUT2D eigenvalue weighted by atomic mass is 32.2. The third kappa shape index (κ3) is 23.0. The average Bonchev–Trinajstić information content (AvgIpc) is 1.62. The molecule has 784 valence electrons. The summed E-state index contributed by atoms with van der Waals surface area (Å²) in [6.07, 6.45) is 11.5. The highest BCUT2D eigenvalue weighted by molar-refractivity contribution is 7.92. The van der Waals surface area contributed by atoms with Crippen LogP contribution in [0.15, 0.2) is 164 Å². The number of para-hydroxylation sites is 4. The minimum atomic E-state index is -3.86. The Kier molecular flexibility index (Phi) is 34.2. The van der Waals surface area contributed by atoms with E-state index >= 15 is 0 Å². The Morgan fingerprint density at radius 1 is 0.297 bits per heavy atom. The van der Waals surface area contributed by atoms with Gasteiger partial charge in [-0.15, -0.1) is 40.8 Å². The molecule has 0 aliphatic carbocycles. The molecule has 0 spiro atoms. The molecule has 0 unspecified atom stereocenters. The number of likely N-dealkylation sites (tertiary alicyclic amines) is 4. The molecule has 4 aliphatic rings. The Bertz CT molecular complexity index is 6490. The van der Waals surface area contributed by atoms with Gasteiger partial charge in [0, 0.05) is 51.9 Å². The number of carbonyl (C=O) groups is 4. The van der Waals surface area contributed by atoms with Crippen molar-refractivity contribution in [3.05, 3.63) is 170 Å². The van der Waals surface area contributed by atoms with Crippen LogP contribution in [-0.2, 0) is 81.5 Å². The Hall–Kier alpha value is -15.4. The fraction of sp³-hybridized carbons (Fsp3) is 0.440. The minimum absolute atomic E-state index is 0.0949. The average molecular weight is 2110 g/mol. The van der Waals surface area contributed by atoms with Crippen molar-refractivity contribution >= 4 is 63.0 Å². The number of piperidine rings is 4. The number of hydrogen-bond acceptors (Lipinski definition) is 36. The lowest BCUT2D eigenvalue weighted by Crippen LogP contribution is -2.54. The zero-order valence-corrected chi connectivity index (χ0v) is 87.9. The molecule has 44 nitrogen and oxygen atoms in total. The molecule has 48 heteroatoms. The number of sulfone groups is 4. The summed E-state index contributed by atoms with van der Waals surface area (Å²) < 4.78 is 181. The van der Waals surface area contributed by atoms with Gasteiger partial charge in [0.1, 0.15) is 114 Å². The first-order valence-corrected chi connectivity index (χ1v) is 54.0. The molecule has 148 heavy (non-hydrogen) atoms. The van der Waals surface area contributed by atoms with Gasteiger partial charge in [0.05, 0.1) is 127 Å². The molecule has 0 saturated carbocycles. The standard InChI is InChI=1S/4C25H29N5O6S/c4*1-17(14-29-22(31)11-6-12-25(29,2)16-26)37(32,33)15-21-27-28-24(20-10-7-13-36-20)30(21)23-18(34-3)8-5-9-19(23)35-4/h4*5,7-10,13,17H,6,11-12,14-15H2,1-4H3/t2*17-,25+;2*17-,25-/m1010/s1. The molecular formula is C100H116N20O24S4. The number of aromatic nitrogens is 12. The van der Waals surface area contributed by atoms with Crippen molar-refractivity contribution in [3.63, 3.8) is 0 Å². The van der Waals surface area contributed by atoms with Crippen LogP contribution >= 0.6 is 0 Å². The highest BCUT2D eigenvalue weighted by Gasteiger charge is 2.47. The van der Waals surface area contributed by atoms with Crippen molar-refractivity contribution in [2.24, 2.45) is 0 Å². The van der Waals surface area contributed by atoms with E-state index in [0.29, 0.717) is 169 Å². The molecule has 0 N–H and O–H groups in total. The lowest BCUT2D eigenvalue weighted by molar-refractivity contribution is -0.139. The van der Waals surface area contributed by atoms with Crippen LogP contribution in [0.25, 0.3) is 69.1 Å². The number of carbonyl (C=O) groups excluding carboxylic acids is 4. The Balaban J connectivity index is 0.000000165. The molecule has 4 amide bonds. The largest absolute Gasteiger partial charge is 0.494 e. The Labute approximate surface area is 856 Å². The van der Waals surface area contributed by atoms with E-state index in [2.05, 4.69) is 65.1 Å². The number of amides is 4. The normalized spacial score (nSPS) is 18.9. The van der Waals surface area contributed by atoms with Crippen molar-refractivity contribution in [2.75, 3.05) is 83.1 Å². The molecule has 12 aromatic rings. The summed E-state index contributed by atoms with van der Waals surface area (Å²) in [7, 11) is -3.47. The number of nitrogens with zero attached hydrogens (tertiary/aromatic N) is 20. The molecule has 8 aromatic heterocycles. The third-order valence-electron chi connectivity index (χ3n) is 26.7. The Morgan fingerprint density at radius 2 is 0.473 bits per heavy atom. The SMILES string of the molecule is COc1cccc(OC)c1-n1c(CS(=O)(=O)[C@@H](C)CN2C(=O)CCC[C@@]2(C)C#N)nnc1-c1ccco1.COc1cccc(OC)c1-n1c(CS(=O)(=O)[C@@H](C)CN2C(=O)CCC[C@]2(C)C#N)nnc1-c1ccco1.COc1cccc(OC)c1-n1c(CS(=O)(=O)[C@H](C)CN2C(=O)CCC[C@@]2(C)C#N)nnc1-c1ccco1.COc1cccc(OC)c1-n1c(CS(=O)(=O)[C@H](C)CN2C(=O)CCC[C@]2(C)C#N)nnc1-c1ccco1. The number of methoxy groups -OCH3 is 8. The number of ether oxygens (including phenoxy) is 8. The summed E-state index contributed by atoms with van der Waals surface area (Å²) in [6, 6.07) is 43.0. The maximum atomic E-state index is 13.6. The molecule has 8 atom stereocenters. The van der Waals surface area contributed by atoms with Gasteiger partial charge in [0.25, 0.3) is 0 Å². The van der Waals surface area contributed by atoms with Crippen LogP contribution in [0.4, 0.5) is 0 Å². The summed E-state index contributed by atoms with van der Waals surface area (Å²) >= 11 is 0. The Morgan fingerprint density at radius 3 is 0.622 bits per heavy atom. The van der Waals surface area contributed by atoms with Crippen LogP contribution in [0.5, 0.6) is 46.0 Å². The van der Waals surface area contributed by atoms with E-state index in [1.54, 1.807) is 167 Å². The lowest BCUT2D eigenvalue weighted by Gasteiger charge is -2.41. The van der Waals surface area contributed by atoms with Crippen molar-refractivity contribution in [1.29, 1.82) is 21.0 Å². The van der Waals surface area contributed by atoms with Crippen LogP contribution in [0.3, 0.4) is 0 Å². The van der Waals surface area contributed by atoms with Gasteiger partial charge in [0.2, 0.25) is 46.9 Å². The van der Waals surface area contributed by atoms with Crippen molar-refractivity contribution < 1.29 is 108 Å². The maximum Gasteiger partial charge on any atom is 0.223 e. The highest BCUT2D eigenvalue weighted by Crippen LogP contribution is 2.45. The third-order valence-corrected chi connectivity index (χ3v) is 34.8. The van der Waals surface area contributed by atoms with Gasteiger partial charge in [-0.2, -0.15) is 21.0 Å². The second kappa shape index (κ2) is 46.1. The number of rotatable bonds is 36. The van der Waals surface area contributed by atoms with E-state index in [9.17, 15) is 73.9 Å². The first-order chi connectivity index (χ1) is 70.6. The fourth-order valence-electron chi connectivity index (χ4n) is 18.0. The summed E-state index contributed by atoms with van der Waals surface area (Å²) in [6.45, 7) is 12.4. The number of hydrogen-bond donors (Lipinski definition) is 0. The molecular weight excluding hydrogens is 1990 g/mol. The molecule has 0 radical (unpaired) electrons. The topological polar surface area (TPSA) is 562 Å². The zero-order chi connectivity index (χ0) is 107. The van der Waals surface area contributed by atoms with Gasteiger partial charge in [-0.25, -0.2) is 33.7 Å². The molecule has 16 rings (SSSR count). The summed E-state index contributed by atoms with van der Waals surface area (Å²) in [5.41, 5.74) is -2.50. The van der Waals surface area contributed by atoms with E-state index in [0.717, 1.165) is 0 Å². The molecule has 4 fully saturated rings. The molecule has 12 heterocycles. The van der Waals surface area contributed by atoms with E-state index in [4.69, 9.17) is 55.6 Å². The van der Waals surface area contributed by atoms with Gasteiger partial charge in [-0.3, -0.25) is 37.4 Å². The minimum Gasteiger partial charge on any atom is -0.494 e. The lowest BCUT2D eigenvalue weighted by atomic mass is 9.89. The number of benzene rings is 4. The fourth-order valence-corrected chi connectivity index (χ4v) is 22.8. The van der Waals surface area contributed by atoms with Crippen molar-refractivity contribution in [2.45, 2.75) is 199 Å². The predicted octanol–water partition coefficient (Wildman–Crippen LogP) is 12.6. The summed E-state index contributed by atoms with van der Waals surface area (Å²) in [5.74, 6) is 3.62. The maximum absolute atomic E-state index is 13.6. The van der Waals surface area contributed by atoms with Gasteiger partial charge in [-0.05, 0) is 204 Å². The molecule has 4 aromatic carbocycles. The smallest absolute Gasteiger partial charge is 0.223 e. The first kappa shape index (κ1) is 110. The monoisotopic (exact) mass is 2110 g/mol. The van der Waals surface area contributed by atoms with Gasteiger partial charge < -0.3 is 75.2 Å². The van der Waals surface area contributed by atoms with Crippen LogP contribution in [0, 0.1) is 45.3 Å². The van der Waals surface area contributed by atoms with Crippen LogP contribution < -0.4 is 37.9 Å². The molecule has 4 aliphatic heterocycles. The summed E-state index contributed by atoms with van der Waals surface area (Å²) in [5, 5.41) is 68.7. The van der Waals surface area contributed by atoms with Crippen molar-refractivity contribution in [1.82, 2.24) is 78.7 Å². The second-order valence-electron chi connectivity index (χ2n) is 36.5. The van der Waals surface area contributed by atoms with E-state index in [-0.39, 0.29) is 96.4 Å². The zero-order valence-electron chi connectivity index (χ0n) is 84.7. The molecule has 4 saturated heterocycles. The number of furan rings is 4. The van der Waals surface area contributed by atoms with Gasteiger partial charge in [-0.1, -0.05) is 24.3 Å². The summed E-state index contributed by atoms with van der Waals surface area (Å²) in [4.78, 5) is 56.0. The van der Waals surface area contributed by atoms with Gasteiger partial charge in [0.15, 0.2) is 85.7 Å². The van der Waals surface area contributed by atoms with Gasteiger partial charge >= 0.3 is 0 Å². The van der Waals surface area contributed by atoms with Crippen molar-refractivity contribution in [3.8, 4) is 139 Å². The second-order valence-corrected chi connectivity index (χ2v) is 46.2. The molecule has 0 bridgehead atoms. The van der Waals surface area contributed by atoms with E-state index in [1.165, 1.54) is 129 Å². The quantitative estimate of drug-likeness (QED) is 0.0352. The van der Waals surface area contributed by atoms with Crippen LogP contribution in [0.2, 0.25) is 0 Å². The number of nitriles is 4. The van der Waals surface area contributed by atoms with E-state index < -0.39 is 106 Å². The van der Waals surface area contributed by atoms with Crippen LogP contribution in [-0.4, -0.2) is 262 Å². The predicted molar refractivity (Wildman–Crippen MR) is 535 cm³/mol.